The molecule has 0 radical (unpaired) electrons. The summed E-state index contributed by atoms with van der Waals surface area (Å²) in [5, 5.41) is 5.72. The molecular formula is C13H21N3O4. The van der Waals surface area contributed by atoms with E-state index in [2.05, 4.69) is 15.6 Å². The second kappa shape index (κ2) is 9.11. The van der Waals surface area contributed by atoms with E-state index in [0.29, 0.717) is 36.9 Å². The number of ether oxygens (including phenoxy) is 3. The van der Waals surface area contributed by atoms with Crippen molar-refractivity contribution >= 4 is 5.91 Å². The van der Waals surface area contributed by atoms with Crippen molar-refractivity contribution in [3.05, 3.63) is 18.0 Å². The highest BCUT2D eigenvalue weighted by molar-refractivity contribution is 5.77. The molecule has 0 aliphatic carbocycles. The maximum Gasteiger partial charge on any atom is 0.234 e. The van der Waals surface area contributed by atoms with Crippen molar-refractivity contribution in [2.45, 2.75) is 6.54 Å². The van der Waals surface area contributed by atoms with Gasteiger partial charge >= 0.3 is 0 Å². The van der Waals surface area contributed by atoms with E-state index in [-0.39, 0.29) is 12.5 Å². The highest BCUT2D eigenvalue weighted by Gasteiger charge is 2.11. The maximum atomic E-state index is 11.5. The number of hydrogen-bond donors (Lipinski definition) is 2. The topological polar surface area (TPSA) is 81.7 Å². The Morgan fingerprint density at radius 2 is 2.10 bits per heavy atom. The number of aromatic nitrogens is 1. The lowest BCUT2D eigenvalue weighted by Crippen LogP contribution is -2.35. The molecule has 1 aromatic heterocycles. The summed E-state index contributed by atoms with van der Waals surface area (Å²) in [6.45, 7) is 1.61. The number of nitrogens with zero attached hydrogens (tertiary/aromatic N) is 1. The third-order valence-electron chi connectivity index (χ3n) is 2.57. The number of pyridine rings is 1. The SMILES string of the molecule is COCCNC(=O)CNCc1nccc(OC)c1OC. The van der Waals surface area contributed by atoms with Crippen molar-refractivity contribution in [3.8, 4) is 11.5 Å². The Hall–Kier alpha value is -1.86. The summed E-state index contributed by atoms with van der Waals surface area (Å²) in [7, 11) is 4.71. The molecule has 0 bridgehead atoms. The van der Waals surface area contributed by atoms with Gasteiger partial charge < -0.3 is 24.8 Å². The van der Waals surface area contributed by atoms with Crippen LogP contribution in [-0.4, -0.2) is 51.9 Å². The zero-order valence-electron chi connectivity index (χ0n) is 12.1. The summed E-state index contributed by atoms with van der Waals surface area (Å²) >= 11 is 0. The van der Waals surface area contributed by atoms with Crippen LogP contribution in [0, 0.1) is 0 Å². The van der Waals surface area contributed by atoms with Crippen LogP contribution in [0.5, 0.6) is 11.5 Å². The number of hydrogen-bond acceptors (Lipinski definition) is 6. The van der Waals surface area contributed by atoms with E-state index >= 15 is 0 Å². The lowest BCUT2D eigenvalue weighted by Gasteiger charge is -2.12. The smallest absolute Gasteiger partial charge is 0.234 e. The fourth-order valence-electron chi connectivity index (χ4n) is 1.63. The molecule has 2 N–H and O–H groups in total. The number of carbonyl (C=O) groups excluding carboxylic acids is 1. The van der Waals surface area contributed by atoms with Gasteiger partial charge in [-0.2, -0.15) is 0 Å². The van der Waals surface area contributed by atoms with Crippen molar-refractivity contribution < 1.29 is 19.0 Å². The van der Waals surface area contributed by atoms with Gasteiger partial charge in [-0.15, -0.1) is 0 Å². The van der Waals surface area contributed by atoms with Gasteiger partial charge in [-0.3, -0.25) is 9.78 Å². The zero-order valence-corrected chi connectivity index (χ0v) is 12.1. The fraction of sp³-hybridized carbons (Fsp3) is 0.538. The van der Waals surface area contributed by atoms with Crippen LogP contribution < -0.4 is 20.1 Å². The normalized spacial score (nSPS) is 10.2. The third-order valence-corrected chi connectivity index (χ3v) is 2.57. The summed E-state index contributed by atoms with van der Waals surface area (Å²) in [6.07, 6.45) is 1.64. The molecule has 1 rings (SSSR count). The summed E-state index contributed by atoms with van der Waals surface area (Å²) in [4.78, 5) is 15.7. The van der Waals surface area contributed by atoms with Gasteiger partial charge in [0.15, 0.2) is 11.5 Å². The van der Waals surface area contributed by atoms with E-state index in [4.69, 9.17) is 14.2 Å². The van der Waals surface area contributed by atoms with E-state index in [0.717, 1.165) is 0 Å². The molecule has 1 aromatic rings. The Labute approximate surface area is 118 Å². The quantitative estimate of drug-likeness (QED) is 0.619. The standard InChI is InChI=1S/C13H21N3O4/c1-18-7-6-16-12(17)9-14-8-10-13(20-3)11(19-2)4-5-15-10/h4-5,14H,6-9H2,1-3H3,(H,16,17). The summed E-state index contributed by atoms with van der Waals surface area (Å²) in [5.74, 6) is 1.09. The monoisotopic (exact) mass is 283 g/mol. The van der Waals surface area contributed by atoms with Gasteiger partial charge in [0.05, 0.1) is 33.1 Å². The van der Waals surface area contributed by atoms with Crippen LogP contribution in [0.2, 0.25) is 0 Å². The van der Waals surface area contributed by atoms with Crippen molar-refractivity contribution in [1.82, 2.24) is 15.6 Å². The Morgan fingerprint density at radius 3 is 2.75 bits per heavy atom. The van der Waals surface area contributed by atoms with Gasteiger partial charge in [-0.25, -0.2) is 0 Å². The second-order valence-corrected chi connectivity index (χ2v) is 3.94. The van der Waals surface area contributed by atoms with Gasteiger partial charge in [-0.1, -0.05) is 0 Å². The largest absolute Gasteiger partial charge is 0.493 e. The average Bonchev–Trinajstić information content (AvgIpc) is 2.47. The Morgan fingerprint density at radius 1 is 1.30 bits per heavy atom. The number of methoxy groups -OCH3 is 3. The van der Waals surface area contributed by atoms with Crippen LogP contribution in [0.3, 0.4) is 0 Å². The molecule has 112 valence electrons. The van der Waals surface area contributed by atoms with Gasteiger partial charge in [0, 0.05) is 32.5 Å². The lowest BCUT2D eigenvalue weighted by molar-refractivity contribution is -0.120. The molecule has 0 aromatic carbocycles. The van der Waals surface area contributed by atoms with E-state index < -0.39 is 0 Å². The van der Waals surface area contributed by atoms with E-state index in [1.165, 1.54) is 0 Å². The molecule has 0 atom stereocenters. The molecule has 0 aliphatic rings. The Bertz CT molecular complexity index is 426. The fourth-order valence-corrected chi connectivity index (χ4v) is 1.63. The molecule has 1 amide bonds. The van der Waals surface area contributed by atoms with Gasteiger partial charge in [0.2, 0.25) is 5.91 Å². The molecular weight excluding hydrogens is 262 g/mol. The Balaban J connectivity index is 2.44. The minimum atomic E-state index is -0.0936. The first kappa shape index (κ1) is 16.2. The van der Waals surface area contributed by atoms with Crippen molar-refractivity contribution in [1.29, 1.82) is 0 Å². The second-order valence-electron chi connectivity index (χ2n) is 3.94. The first-order valence-electron chi connectivity index (χ1n) is 6.25. The molecule has 0 fully saturated rings. The van der Waals surface area contributed by atoms with Crippen LogP contribution in [0.25, 0.3) is 0 Å². The highest BCUT2D eigenvalue weighted by Crippen LogP contribution is 2.28. The first-order chi connectivity index (χ1) is 9.72. The number of amides is 1. The lowest BCUT2D eigenvalue weighted by atomic mass is 10.3. The molecule has 1 heterocycles. The molecule has 0 spiro atoms. The molecule has 0 unspecified atom stereocenters. The average molecular weight is 283 g/mol. The van der Waals surface area contributed by atoms with E-state index in [1.54, 1.807) is 33.6 Å². The van der Waals surface area contributed by atoms with Gasteiger partial charge in [0.1, 0.15) is 0 Å². The zero-order chi connectivity index (χ0) is 14.8. The summed E-state index contributed by atoms with van der Waals surface area (Å²) in [6, 6.07) is 1.72. The minimum absolute atomic E-state index is 0.0936. The predicted octanol–water partition coefficient (Wildman–Crippen LogP) is -0.0490. The minimum Gasteiger partial charge on any atom is -0.493 e. The van der Waals surface area contributed by atoms with Crippen LogP contribution in [0.4, 0.5) is 0 Å². The van der Waals surface area contributed by atoms with Crippen LogP contribution in [0.1, 0.15) is 5.69 Å². The molecule has 20 heavy (non-hydrogen) atoms. The summed E-state index contributed by atoms with van der Waals surface area (Å²) in [5.41, 5.74) is 0.691. The Kier molecular flexibility index (Phi) is 7.38. The van der Waals surface area contributed by atoms with Crippen molar-refractivity contribution in [2.24, 2.45) is 0 Å². The molecule has 0 saturated carbocycles. The molecule has 0 aliphatic heterocycles. The molecule has 7 nitrogen and oxygen atoms in total. The molecule has 0 saturated heterocycles. The van der Waals surface area contributed by atoms with E-state index in [1.807, 2.05) is 0 Å². The first-order valence-corrected chi connectivity index (χ1v) is 6.25. The molecule has 7 heteroatoms. The van der Waals surface area contributed by atoms with Crippen LogP contribution in [-0.2, 0) is 16.1 Å². The predicted molar refractivity (Wildman–Crippen MR) is 73.9 cm³/mol. The van der Waals surface area contributed by atoms with E-state index in [9.17, 15) is 4.79 Å². The van der Waals surface area contributed by atoms with Crippen LogP contribution >= 0.6 is 0 Å². The van der Waals surface area contributed by atoms with Gasteiger partial charge in [0.25, 0.3) is 0 Å². The van der Waals surface area contributed by atoms with Crippen molar-refractivity contribution in [2.75, 3.05) is 41.0 Å². The highest BCUT2D eigenvalue weighted by atomic mass is 16.5. The maximum absolute atomic E-state index is 11.5. The van der Waals surface area contributed by atoms with Crippen molar-refractivity contribution in [3.63, 3.8) is 0 Å². The number of nitrogens with one attached hydrogen (secondary N) is 2. The number of rotatable bonds is 9. The summed E-state index contributed by atoms with van der Waals surface area (Å²) < 4.78 is 15.3. The van der Waals surface area contributed by atoms with Crippen LogP contribution in [0.15, 0.2) is 12.3 Å². The number of carbonyl (C=O) groups is 1. The third kappa shape index (κ3) is 5.02. The van der Waals surface area contributed by atoms with Gasteiger partial charge in [-0.05, 0) is 0 Å².